The number of ether oxygens (including phenoxy) is 4. The zero-order chi connectivity index (χ0) is 43.2. The van der Waals surface area contributed by atoms with Crippen molar-refractivity contribution in [3.63, 3.8) is 0 Å². The van der Waals surface area contributed by atoms with Crippen LogP contribution in [0.3, 0.4) is 0 Å². The standard InChI is InChI=1S/C41H70N4O13/c1-4-21-55-26-9-18-42-39(52)29-40(53)43-19-27-58-28-20-44-41(54)32-45(30-37(50)12-7-24-56-22-5-10-35(48)16-14-33(2)46)31-38(51)13-8-25-57-23-6-11-36(49)17-15-34(3)47/h4-32H2,1-3H3,(H,42,52)(H,43,53)(H,44,54). The molecule has 0 heterocycles. The summed E-state index contributed by atoms with van der Waals surface area (Å²) in [6.45, 7) is 8.14. The highest BCUT2D eigenvalue weighted by atomic mass is 16.5. The number of amides is 3. The molecule has 0 unspecified atom stereocenters. The zero-order valence-corrected chi connectivity index (χ0v) is 35.3. The van der Waals surface area contributed by atoms with Crippen molar-refractivity contribution in [2.45, 2.75) is 117 Å². The van der Waals surface area contributed by atoms with Gasteiger partial charge in [-0.25, -0.2) is 0 Å². The quantitative estimate of drug-likeness (QED) is 0.0591. The van der Waals surface area contributed by atoms with Gasteiger partial charge in [-0.1, -0.05) is 6.92 Å². The van der Waals surface area contributed by atoms with Crippen molar-refractivity contribution in [3.05, 3.63) is 0 Å². The highest BCUT2D eigenvalue weighted by Gasteiger charge is 2.18. The van der Waals surface area contributed by atoms with Crippen molar-refractivity contribution in [3.8, 4) is 0 Å². The van der Waals surface area contributed by atoms with Crippen molar-refractivity contribution < 1.29 is 62.1 Å². The number of Topliss-reactive ketones (excluding diaryl/α,β-unsaturated/α-hetero) is 6. The molecule has 0 spiro atoms. The maximum absolute atomic E-state index is 12.8. The van der Waals surface area contributed by atoms with Gasteiger partial charge in [0.05, 0.1) is 32.8 Å². The second kappa shape index (κ2) is 37.5. The number of nitrogens with zero attached hydrogens (tertiary/aromatic N) is 1. The highest BCUT2D eigenvalue weighted by Crippen LogP contribution is 2.04. The molecule has 332 valence electrons. The number of rotatable bonds is 42. The lowest BCUT2D eigenvalue weighted by molar-refractivity contribution is -0.130. The summed E-state index contributed by atoms with van der Waals surface area (Å²) in [5.41, 5.74) is 0. The number of hydrogen-bond acceptors (Lipinski definition) is 14. The maximum atomic E-state index is 12.8. The highest BCUT2D eigenvalue weighted by molar-refractivity contribution is 5.96. The molecule has 0 aliphatic carbocycles. The third kappa shape index (κ3) is 37.8. The largest absolute Gasteiger partial charge is 0.381 e. The van der Waals surface area contributed by atoms with Crippen LogP contribution in [-0.2, 0) is 62.1 Å². The van der Waals surface area contributed by atoms with Gasteiger partial charge in [-0.2, -0.15) is 0 Å². The van der Waals surface area contributed by atoms with E-state index in [1.165, 1.54) is 18.7 Å². The Balaban J connectivity index is 4.57. The van der Waals surface area contributed by atoms with Gasteiger partial charge >= 0.3 is 0 Å². The Bertz CT molecular complexity index is 1190. The fourth-order valence-electron chi connectivity index (χ4n) is 5.20. The maximum Gasteiger partial charge on any atom is 0.234 e. The molecule has 0 bridgehead atoms. The van der Waals surface area contributed by atoms with E-state index in [1.54, 1.807) is 0 Å². The Morgan fingerprint density at radius 1 is 0.397 bits per heavy atom. The summed E-state index contributed by atoms with van der Waals surface area (Å²) in [5.74, 6) is -1.55. The van der Waals surface area contributed by atoms with Crippen molar-refractivity contribution >= 4 is 52.4 Å². The van der Waals surface area contributed by atoms with Gasteiger partial charge in [0.2, 0.25) is 17.7 Å². The molecule has 0 saturated carbocycles. The van der Waals surface area contributed by atoms with Crippen LogP contribution in [0.15, 0.2) is 0 Å². The topological polar surface area (TPSA) is 230 Å². The van der Waals surface area contributed by atoms with Crippen molar-refractivity contribution in [1.82, 2.24) is 20.9 Å². The van der Waals surface area contributed by atoms with E-state index in [0.717, 1.165) is 6.42 Å². The molecular weight excluding hydrogens is 756 g/mol. The lowest BCUT2D eigenvalue weighted by atomic mass is 10.1. The minimum atomic E-state index is -0.432. The van der Waals surface area contributed by atoms with E-state index in [-0.39, 0.29) is 131 Å². The van der Waals surface area contributed by atoms with Gasteiger partial charge in [0.1, 0.15) is 41.1 Å². The first-order valence-electron chi connectivity index (χ1n) is 20.7. The molecule has 0 fully saturated rings. The van der Waals surface area contributed by atoms with E-state index in [4.69, 9.17) is 18.9 Å². The van der Waals surface area contributed by atoms with Crippen LogP contribution in [0.4, 0.5) is 0 Å². The van der Waals surface area contributed by atoms with Crippen molar-refractivity contribution in [2.75, 3.05) is 92.1 Å². The number of hydrogen-bond donors (Lipinski definition) is 3. The normalized spacial score (nSPS) is 11.0. The predicted octanol–water partition coefficient (Wildman–Crippen LogP) is 2.03. The molecule has 0 saturated heterocycles. The molecule has 17 nitrogen and oxygen atoms in total. The van der Waals surface area contributed by atoms with Gasteiger partial charge in [0, 0.05) is 111 Å². The molecule has 3 N–H and O–H groups in total. The Labute approximate surface area is 344 Å². The lowest BCUT2D eigenvalue weighted by Crippen LogP contribution is -2.43. The van der Waals surface area contributed by atoms with Crippen molar-refractivity contribution in [2.24, 2.45) is 0 Å². The molecule has 0 aromatic heterocycles. The van der Waals surface area contributed by atoms with Gasteiger partial charge in [-0.3, -0.25) is 38.5 Å². The van der Waals surface area contributed by atoms with Crippen LogP contribution in [0.5, 0.6) is 0 Å². The molecule has 17 heteroatoms. The third-order valence-corrected chi connectivity index (χ3v) is 8.25. The average Bonchev–Trinajstić information content (AvgIpc) is 3.16. The van der Waals surface area contributed by atoms with Crippen LogP contribution in [0.1, 0.15) is 117 Å². The van der Waals surface area contributed by atoms with Gasteiger partial charge in [0.15, 0.2) is 0 Å². The minimum Gasteiger partial charge on any atom is -0.381 e. The first-order chi connectivity index (χ1) is 27.8. The summed E-state index contributed by atoms with van der Waals surface area (Å²) in [7, 11) is 0. The summed E-state index contributed by atoms with van der Waals surface area (Å²) >= 11 is 0. The first-order valence-corrected chi connectivity index (χ1v) is 20.7. The van der Waals surface area contributed by atoms with Gasteiger partial charge in [-0.15, -0.1) is 0 Å². The fourth-order valence-corrected chi connectivity index (χ4v) is 5.20. The molecule has 58 heavy (non-hydrogen) atoms. The summed E-state index contributed by atoms with van der Waals surface area (Å²) in [6, 6.07) is 0. The van der Waals surface area contributed by atoms with E-state index in [0.29, 0.717) is 91.1 Å². The molecule has 0 aliphatic rings. The molecule has 3 amide bonds. The third-order valence-electron chi connectivity index (χ3n) is 8.25. The number of nitrogens with one attached hydrogen (secondary N) is 3. The number of ketones is 6. The molecule has 0 radical (unpaired) electrons. The van der Waals surface area contributed by atoms with E-state index in [1.807, 2.05) is 6.92 Å². The summed E-state index contributed by atoms with van der Waals surface area (Å²) in [5, 5.41) is 7.98. The number of carbonyl (C=O) groups excluding carboxylic acids is 9. The van der Waals surface area contributed by atoms with E-state index in [2.05, 4.69) is 16.0 Å². The number of carbonyl (C=O) groups is 9. The SMILES string of the molecule is CCCOCCCNC(=O)CC(=O)NCCOCCNC(=O)CN(CC(=O)CCCOCCCC(=O)CCC(C)=O)CC(=O)CCCOCCCC(=O)CCC(C)=O. The predicted molar refractivity (Wildman–Crippen MR) is 215 cm³/mol. The Hall–Kier alpha value is -3.77. The van der Waals surface area contributed by atoms with Gasteiger partial charge in [-0.05, 0) is 52.4 Å². The van der Waals surface area contributed by atoms with Gasteiger partial charge < -0.3 is 44.5 Å². The Morgan fingerprint density at radius 3 is 1.22 bits per heavy atom. The van der Waals surface area contributed by atoms with E-state index >= 15 is 0 Å². The monoisotopic (exact) mass is 826 g/mol. The van der Waals surface area contributed by atoms with Crippen molar-refractivity contribution in [1.29, 1.82) is 0 Å². The Morgan fingerprint density at radius 2 is 0.776 bits per heavy atom. The summed E-state index contributed by atoms with van der Waals surface area (Å²) in [4.78, 5) is 109. The Kier molecular flexibility index (Phi) is 35.1. The average molecular weight is 827 g/mol. The zero-order valence-electron chi connectivity index (χ0n) is 35.3. The molecule has 0 atom stereocenters. The van der Waals surface area contributed by atoms with Crippen LogP contribution in [0, 0.1) is 0 Å². The van der Waals surface area contributed by atoms with Crippen LogP contribution in [-0.4, -0.2) is 149 Å². The fraction of sp³-hybridized carbons (Fsp3) is 0.780. The van der Waals surface area contributed by atoms with Crippen LogP contribution < -0.4 is 16.0 Å². The second-order valence-corrected chi connectivity index (χ2v) is 14.1. The van der Waals surface area contributed by atoms with Gasteiger partial charge in [0.25, 0.3) is 0 Å². The van der Waals surface area contributed by atoms with Crippen LogP contribution in [0.25, 0.3) is 0 Å². The first kappa shape index (κ1) is 54.2. The molecular formula is C41H70N4O13. The molecule has 0 aliphatic heterocycles. The molecule has 0 rings (SSSR count). The molecule has 0 aromatic carbocycles. The second-order valence-electron chi connectivity index (χ2n) is 14.1. The minimum absolute atomic E-state index is 0.0128. The van der Waals surface area contributed by atoms with Crippen LogP contribution in [0.2, 0.25) is 0 Å². The van der Waals surface area contributed by atoms with E-state index in [9.17, 15) is 43.2 Å². The van der Waals surface area contributed by atoms with E-state index < -0.39 is 11.8 Å². The molecule has 0 aromatic rings. The lowest BCUT2D eigenvalue weighted by Gasteiger charge is -2.20. The summed E-state index contributed by atoms with van der Waals surface area (Å²) < 4.78 is 21.9. The smallest absolute Gasteiger partial charge is 0.234 e. The van der Waals surface area contributed by atoms with Crippen LogP contribution >= 0.6 is 0 Å². The summed E-state index contributed by atoms with van der Waals surface area (Å²) in [6.07, 6.45) is 5.19.